The minimum Gasteiger partial charge on any atom is -0.488 e. The summed E-state index contributed by atoms with van der Waals surface area (Å²) in [4.78, 5) is 35.4. The van der Waals surface area contributed by atoms with Crippen LogP contribution in [-0.2, 0) is 6.54 Å². The molecule has 7 nitrogen and oxygen atoms in total. The fourth-order valence-corrected chi connectivity index (χ4v) is 4.87. The minimum absolute atomic E-state index is 0.0294. The van der Waals surface area contributed by atoms with Crippen LogP contribution >= 0.6 is 0 Å². The summed E-state index contributed by atoms with van der Waals surface area (Å²) in [6.07, 6.45) is 3.00. The Labute approximate surface area is 189 Å². The first-order valence-corrected chi connectivity index (χ1v) is 11.4. The molecule has 1 aromatic carbocycles. The number of fused-ring (bicyclic) bond motifs is 2. The zero-order chi connectivity index (χ0) is 22.7. The number of likely N-dealkylation sites (tertiary alicyclic amines) is 1. The van der Waals surface area contributed by atoms with Gasteiger partial charge in [-0.1, -0.05) is 0 Å². The first-order chi connectivity index (χ1) is 15.9. The Kier molecular flexibility index (Phi) is 4.57. The first-order valence-electron chi connectivity index (χ1n) is 11.4. The molecule has 2 fully saturated rings. The van der Waals surface area contributed by atoms with Crippen molar-refractivity contribution in [2.24, 2.45) is 0 Å². The Morgan fingerprint density at radius 3 is 2.67 bits per heavy atom. The molecule has 172 valence electrons. The zero-order valence-electron chi connectivity index (χ0n) is 18.1. The molecule has 1 aromatic heterocycles. The van der Waals surface area contributed by atoms with Crippen molar-refractivity contribution < 1.29 is 23.1 Å². The lowest BCUT2D eigenvalue weighted by Gasteiger charge is -2.33. The Hall–Kier alpha value is -3.23. The van der Waals surface area contributed by atoms with E-state index in [0.717, 1.165) is 29.7 Å². The smallest absolute Gasteiger partial charge is 0.255 e. The van der Waals surface area contributed by atoms with Crippen LogP contribution in [0.2, 0.25) is 0 Å². The zero-order valence-corrected chi connectivity index (χ0v) is 18.1. The molecule has 1 saturated carbocycles. The lowest BCUT2D eigenvalue weighted by Crippen LogP contribution is -2.42. The minimum atomic E-state index is -2.70. The number of hydrogen-bond acceptors (Lipinski definition) is 5. The predicted molar refractivity (Wildman–Crippen MR) is 116 cm³/mol. The summed E-state index contributed by atoms with van der Waals surface area (Å²) in [6.45, 7) is 1.71. The van der Waals surface area contributed by atoms with E-state index in [9.17, 15) is 18.4 Å². The molecule has 33 heavy (non-hydrogen) atoms. The Morgan fingerprint density at radius 2 is 1.91 bits per heavy atom. The first kappa shape index (κ1) is 20.4. The van der Waals surface area contributed by atoms with Crippen molar-refractivity contribution in [3.8, 4) is 5.75 Å². The number of pyridine rings is 1. The van der Waals surface area contributed by atoms with Crippen molar-refractivity contribution in [1.29, 1.82) is 0 Å². The van der Waals surface area contributed by atoms with Crippen LogP contribution in [0.25, 0.3) is 0 Å². The van der Waals surface area contributed by atoms with Gasteiger partial charge in [-0.2, -0.15) is 0 Å². The molecule has 9 heteroatoms. The number of piperidine rings is 1. The normalized spacial score (nSPS) is 21.5. The monoisotopic (exact) mass is 454 g/mol. The van der Waals surface area contributed by atoms with Gasteiger partial charge < -0.3 is 19.4 Å². The second-order valence-corrected chi connectivity index (χ2v) is 9.20. The van der Waals surface area contributed by atoms with Gasteiger partial charge in [-0.25, -0.2) is 13.8 Å². The van der Waals surface area contributed by atoms with Crippen molar-refractivity contribution in [2.75, 3.05) is 31.1 Å². The summed E-state index contributed by atoms with van der Waals surface area (Å²) in [5.74, 6) is -1.81. The largest absolute Gasteiger partial charge is 0.488 e. The summed E-state index contributed by atoms with van der Waals surface area (Å²) in [5.41, 5.74) is 3.04. The van der Waals surface area contributed by atoms with Crippen molar-refractivity contribution in [1.82, 2.24) is 14.8 Å². The number of carbonyl (C=O) groups excluding carboxylic acids is 2. The fraction of sp³-hybridized carbons (Fsp3) is 0.458. The third-order valence-corrected chi connectivity index (χ3v) is 6.91. The Balaban J connectivity index is 1.24. The van der Waals surface area contributed by atoms with Gasteiger partial charge in [-0.15, -0.1) is 0 Å². The third kappa shape index (κ3) is 3.59. The van der Waals surface area contributed by atoms with Gasteiger partial charge in [-0.3, -0.25) is 9.59 Å². The number of rotatable bonds is 3. The Bertz CT molecular complexity index is 1140. The number of carbonyl (C=O) groups is 2. The van der Waals surface area contributed by atoms with E-state index in [1.54, 1.807) is 6.07 Å². The van der Waals surface area contributed by atoms with Gasteiger partial charge in [0.25, 0.3) is 17.7 Å². The number of amides is 2. The molecular formula is C24H24F2N4O3. The molecule has 0 unspecified atom stereocenters. The van der Waals surface area contributed by atoms with Crippen LogP contribution in [0.5, 0.6) is 5.75 Å². The molecule has 0 spiro atoms. The maximum atomic E-state index is 13.4. The SMILES string of the molecule is O=C(c1cnc2c(c1)OCCN2c1ccc2c(c1)CN(C1CC1)C2=O)N1CCC(F)(F)CC1. The average Bonchev–Trinajstić information content (AvgIpc) is 3.61. The van der Waals surface area contributed by atoms with Crippen LogP contribution in [0.15, 0.2) is 30.5 Å². The van der Waals surface area contributed by atoms with Gasteiger partial charge in [0.05, 0.1) is 12.1 Å². The number of aromatic nitrogens is 1. The molecule has 2 aromatic rings. The number of nitrogens with zero attached hydrogens (tertiary/aromatic N) is 4. The maximum absolute atomic E-state index is 13.4. The van der Waals surface area contributed by atoms with Gasteiger partial charge >= 0.3 is 0 Å². The quantitative estimate of drug-likeness (QED) is 0.709. The molecule has 3 aliphatic heterocycles. The second kappa shape index (κ2) is 7.40. The predicted octanol–water partition coefficient (Wildman–Crippen LogP) is 3.60. The molecule has 4 heterocycles. The molecule has 0 bridgehead atoms. The average molecular weight is 454 g/mol. The topological polar surface area (TPSA) is 66.0 Å². The van der Waals surface area contributed by atoms with Gasteiger partial charge in [-0.05, 0) is 42.7 Å². The molecule has 6 rings (SSSR count). The highest BCUT2D eigenvalue weighted by Crippen LogP contribution is 2.39. The van der Waals surface area contributed by atoms with E-state index in [-0.39, 0.29) is 37.7 Å². The lowest BCUT2D eigenvalue weighted by molar-refractivity contribution is -0.0494. The number of ether oxygens (including phenoxy) is 1. The van der Waals surface area contributed by atoms with E-state index >= 15 is 0 Å². The van der Waals surface area contributed by atoms with Crippen LogP contribution in [0, 0.1) is 0 Å². The highest BCUT2D eigenvalue weighted by molar-refractivity contribution is 5.99. The molecule has 0 atom stereocenters. The number of anilines is 2. The van der Waals surface area contributed by atoms with Crippen molar-refractivity contribution in [3.63, 3.8) is 0 Å². The summed E-state index contributed by atoms with van der Waals surface area (Å²) < 4.78 is 32.7. The molecule has 4 aliphatic rings. The van der Waals surface area contributed by atoms with Crippen LogP contribution in [0.4, 0.5) is 20.3 Å². The molecule has 2 amide bonds. The van der Waals surface area contributed by atoms with Crippen molar-refractivity contribution in [2.45, 2.75) is 44.2 Å². The van der Waals surface area contributed by atoms with E-state index in [1.165, 1.54) is 11.1 Å². The highest BCUT2D eigenvalue weighted by Gasteiger charge is 2.39. The van der Waals surface area contributed by atoms with E-state index < -0.39 is 5.92 Å². The van der Waals surface area contributed by atoms with Crippen LogP contribution in [0.3, 0.4) is 0 Å². The molecular weight excluding hydrogens is 430 g/mol. The van der Waals surface area contributed by atoms with Gasteiger partial charge in [0.2, 0.25) is 0 Å². The fourth-order valence-electron chi connectivity index (χ4n) is 4.87. The number of hydrogen-bond donors (Lipinski definition) is 0. The summed E-state index contributed by atoms with van der Waals surface area (Å²) >= 11 is 0. The van der Waals surface area contributed by atoms with E-state index in [1.807, 2.05) is 28.0 Å². The van der Waals surface area contributed by atoms with Gasteiger partial charge in [0.15, 0.2) is 11.6 Å². The maximum Gasteiger partial charge on any atom is 0.255 e. The number of halogens is 2. The van der Waals surface area contributed by atoms with E-state index in [4.69, 9.17) is 4.74 Å². The number of alkyl halides is 2. The summed E-state index contributed by atoms with van der Waals surface area (Å²) in [5, 5.41) is 0. The van der Waals surface area contributed by atoms with Crippen LogP contribution in [-0.4, -0.2) is 64.8 Å². The lowest BCUT2D eigenvalue weighted by atomic mass is 10.1. The third-order valence-electron chi connectivity index (χ3n) is 6.91. The number of benzene rings is 1. The van der Waals surface area contributed by atoms with E-state index in [0.29, 0.717) is 42.9 Å². The van der Waals surface area contributed by atoms with Crippen molar-refractivity contribution in [3.05, 3.63) is 47.2 Å². The summed E-state index contributed by atoms with van der Waals surface area (Å²) in [6, 6.07) is 7.88. The van der Waals surface area contributed by atoms with Gasteiger partial charge in [0, 0.05) is 56.0 Å². The van der Waals surface area contributed by atoms with Gasteiger partial charge in [0.1, 0.15) is 6.61 Å². The second-order valence-electron chi connectivity index (χ2n) is 9.20. The highest BCUT2D eigenvalue weighted by atomic mass is 19.3. The molecule has 1 aliphatic carbocycles. The standard InChI is InChI=1S/C24H24F2N4O3/c25-24(26)5-7-28(8-6-24)22(31)15-12-20-21(27-13-15)29(9-10-33-20)18-3-4-19-16(11-18)14-30(23(19)32)17-1-2-17/h3-4,11-13,17H,1-2,5-10,14H2. The van der Waals surface area contributed by atoms with Crippen molar-refractivity contribution >= 4 is 23.3 Å². The van der Waals surface area contributed by atoms with E-state index in [2.05, 4.69) is 4.98 Å². The molecule has 1 saturated heterocycles. The van der Waals surface area contributed by atoms with Crippen LogP contribution < -0.4 is 9.64 Å². The molecule has 0 N–H and O–H groups in total. The summed E-state index contributed by atoms with van der Waals surface area (Å²) in [7, 11) is 0. The van der Waals surface area contributed by atoms with Crippen LogP contribution in [0.1, 0.15) is 52.0 Å². The molecule has 0 radical (unpaired) electrons. The Morgan fingerprint density at radius 1 is 1.12 bits per heavy atom.